The third-order valence-corrected chi connectivity index (χ3v) is 3.50. The zero-order valence-electron chi connectivity index (χ0n) is 10.9. The molecule has 1 atom stereocenters. The third kappa shape index (κ3) is 2.45. The molecule has 1 unspecified atom stereocenters. The molecular weight excluding hydrogens is 274 g/mol. The number of para-hydroxylation sites is 1. The highest BCUT2D eigenvalue weighted by molar-refractivity contribution is 6.32. The highest BCUT2D eigenvalue weighted by Crippen LogP contribution is 2.30. The number of nitrogens with one attached hydrogen (secondary N) is 1. The molecule has 2 aromatic carbocycles. The third-order valence-electron chi connectivity index (χ3n) is 3.20. The van der Waals surface area contributed by atoms with E-state index in [9.17, 15) is 5.11 Å². The molecule has 0 spiro atoms. The molecule has 2 N–H and O–H groups in total. The topological polar surface area (TPSA) is 45.4 Å². The van der Waals surface area contributed by atoms with Gasteiger partial charge >= 0.3 is 0 Å². The van der Waals surface area contributed by atoms with E-state index in [1.807, 2.05) is 37.3 Å². The van der Waals surface area contributed by atoms with Crippen molar-refractivity contribution in [1.82, 2.24) is 0 Å². The number of anilines is 1. The first kappa shape index (κ1) is 12.9. The highest BCUT2D eigenvalue weighted by atomic mass is 35.5. The van der Waals surface area contributed by atoms with Crippen molar-refractivity contribution < 1.29 is 9.52 Å². The van der Waals surface area contributed by atoms with E-state index < -0.39 is 0 Å². The van der Waals surface area contributed by atoms with Crippen molar-refractivity contribution in [2.24, 2.45) is 0 Å². The Hall–Kier alpha value is -2.13. The molecule has 0 fully saturated rings. The Morgan fingerprint density at radius 1 is 1.15 bits per heavy atom. The van der Waals surface area contributed by atoms with Crippen molar-refractivity contribution in [2.45, 2.75) is 13.0 Å². The van der Waals surface area contributed by atoms with Gasteiger partial charge in [-0.2, -0.15) is 0 Å². The first-order valence-corrected chi connectivity index (χ1v) is 6.75. The molecule has 3 nitrogen and oxygen atoms in total. The minimum Gasteiger partial charge on any atom is -0.506 e. The Morgan fingerprint density at radius 3 is 2.70 bits per heavy atom. The van der Waals surface area contributed by atoms with Gasteiger partial charge in [0.15, 0.2) is 0 Å². The molecule has 3 rings (SSSR count). The highest BCUT2D eigenvalue weighted by Gasteiger charge is 2.11. The van der Waals surface area contributed by atoms with Crippen LogP contribution in [0.4, 0.5) is 5.69 Å². The lowest BCUT2D eigenvalue weighted by atomic mass is 10.2. The zero-order valence-corrected chi connectivity index (χ0v) is 11.7. The predicted molar refractivity (Wildman–Crippen MR) is 81.4 cm³/mol. The number of benzene rings is 2. The molecule has 102 valence electrons. The van der Waals surface area contributed by atoms with E-state index in [1.165, 1.54) is 0 Å². The summed E-state index contributed by atoms with van der Waals surface area (Å²) < 4.78 is 5.81. The number of furan rings is 1. The predicted octanol–water partition coefficient (Wildman–Crippen LogP) is 4.96. The molecule has 0 saturated heterocycles. The number of phenolic OH excluding ortho intramolecular Hbond substituents is 1. The molecule has 1 heterocycles. The van der Waals surface area contributed by atoms with Gasteiger partial charge in [-0.05, 0) is 37.3 Å². The van der Waals surface area contributed by atoms with E-state index in [1.54, 1.807) is 18.2 Å². The molecule has 0 bridgehead atoms. The smallest absolute Gasteiger partial charge is 0.134 e. The summed E-state index contributed by atoms with van der Waals surface area (Å²) >= 11 is 5.89. The van der Waals surface area contributed by atoms with Gasteiger partial charge < -0.3 is 14.8 Å². The summed E-state index contributed by atoms with van der Waals surface area (Å²) in [6.07, 6.45) is 0. The van der Waals surface area contributed by atoms with Crippen LogP contribution in [0.15, 0.2) is 52.9 Å². The van der Waals surface area contributed by atoms with E-state index in [-0.39, 0.29) is 11.8 Å². The van der Waals surface area contributed by atoms with E-state index in [0.717, 1.165) is 22.4 Å². The zero-order chi connectivity index (χ0) is 14.1. The van der Waals surface area contributed by atoms with Crippen LogP contribution in [0.25, 0.3) is 11.0 Å². The summed E-state index contributed by atoms with van der Waals surface area (Å²) in [5.74, 6) is 0.934. The molecule has 0 amide bonds. The number of rotatable bonds is 3. The van der Waals surface area contributed by atoms with Crippen LogP contribution in [0.2, 0.25) is 5.02 Å². The first-order chi connectivity index (χ1) is 9.63. The van der Waals surface area contributed by atoms with Crippen LogP contribution in [-0.4, -0.2) is 5.11 Å². The molecule has 0 radical (unpaired) electrons. The van der Waals surface area contributed by atoms with Crippen LogP contribution in [0, 0.1) is 0 Å². The lowest BCUT2D eigenvalue weighted by Gasteiger charge is -2.13. The summed E-state index contributed by atoms with van der Waals surface area (Å²) in [6.45, 7) is 2.01. The van der Waals surface area contributed by atoms with Crippen molar-refractivity contribution >= 4 is 28.3 Å². The van der Waals surface area contributed by atoms with Crippen molar-refractivity contribution in [3.8, 4) is 5.75 Å². The second-order valence-electron chi connectivity index (χ2n) is 4.72. The molecule has 0 aliphatic carbocycles. The average Bonchev–Trinajstić information content (AvgIpc) is 2.87. The number of phenols is 1. The van der Waals surface area contributed by atoms with Gasteiger partial charge in [-0.15, -0.1) is 0 Å². The van der Waals surface area contributed by atoms with Crippen LogP contribution in [0.3, 0.4) is 0 Å². The quantitative estimate of drug-likeness (QED) is 0.669. The van der Waals surface area contributed by atoms with Crippen LogP contribution >= 0.6 is 11.6 Å². The van der Waals surface area contributed by atoms with Crippen molar-refractivity contribution in [1.29, 1.82) is 0 Å². The first-order valence-electron chi connectivity index (χ1n) is 6.37. The van der Waals surface area contributed by atoms with E-state index >= 15 is 0 Å². The maximum Gasteiger partial charge on any atom is 0.134 e. The summed E-state index contributed by atoms with van der Waals surface area (Å²) in [4.78, 5) is 0. The number of hydrogen-bond donors (Lipinski definition) is 2. The Bertz CT molecular complexity index is 718. The normalized spacial score (nSPS) is 12.5. The van der Waals surface area contributed by atoms with Gasteiger partial charge in [0.05, 0.1) is 11.1 Å². The van der Waals surface area contributed by atoms with Gasteiger partial charge in [-0.25, -0.2) is 0 Å². The molecule has 0 aliphatic heterocycles. The average molecular weight is 288 g/mol. The maximum atomic E-state index is 9.41. The van der Waals surface area contributed by atoms with Crippen LogP contribution in [0.5, 0.6) is 5.75 Å². The minimum absolute atomic E-state index is 0.00279. The lowest BCUT2D eigenvalue weighted by molar-refractivity contribution is 0.475. The minimum atomic E-state index is 0.00279. The Kier molecular flexibility index (Phi) is 3.28. The van der Waals surface area contributed by atoms with Gasteiger partial charge in [0.2, 0.25) is 0 Å². The SMILES string of the molecule is CC(Nc1ccc(O)c(Cl)c1)c1cc2ccccc2o1. The van der Waals surface area contributed by atoms with E-state index in [4.69, 9.17) is 16.0 Å². The van der Waals surface area contributed by atoms with Gasteiger partial charge in [0.1, 0.15) is 17.1 Å². The van der Waals surface area contributed by atoms with Crippen molar-refractivity contribution in [2.75, 3.05) is 5.32 Å². The second-order valence-corrected chi connectivity index (χ2v) is 5.13. The fourth-order valence-electron chi connectivity index (χ4n) is 2.13. The molecule has 0 saturated carbocycles. The van der Waals surface area contributed by atoms with E-state index in [0.29, 0.717) is 5.02 Å². The van der Waals surface area contributed by atoms with Crippen LogP contribution in [0.1, 0.15) is 18.7 Å². The fraction of sp³-hybridized carbons (Fsp3) is 0.125. The van der Waals surface area contributed by atoms with Crippen LogP contribution < -0.4 is 5.32 Å². The summed E-state index contributed by atoms with van der Waals surface area (Å²) in [5, 5.41) is 14.1. The van der Waals surface area contributed by atoms with Crippen molar-refractivity contribution in [3.05, 3.63) is 59.3 Å². The molecule has 3 aromatic rings. The van der Waals surface area contributed by atoms with Crippen molar-refractivity contribution in [3.63, 3.8) is 0 Å². The van der Waals surface area contributed by atoms with Crippen LogP contribution in [-0.2, 0) is 0 Å². The summed E-state index contributed by atoms with van der Waals surface area (Å²) in [6, 6.07) is 15.0. The molecule has 0 aliphatic rings. The number of halogens is 1. The largest absolute Gasteiger partial charge is 0.506 e. The summed E-state index contributed by atoms with van der Waals surface area (Å²) in [7, 11) is 0. The number of fused-ring (bicyclic) bond motifs is 1. The lowest BCUT2D eigenvalue weighted by Crippen LogP contribution is -2.05. The summed E-state index contributed by atoms with van der Waals surface area (Å²) in [5.41, 5.74) is 1.71. The second kappa shape index (κ2) is 5.10. The molecule has 4 heteroatoms. The van der Waals surface area contributed by atoms with Gasteiger partial charge in [-0.1, -0.05) is 29.8 Å². The monoisotopic (exact) mass is 287 g/mol. The van der Waals surface area contributed by atoms with E-state index in [2.05, 4.69) is 5.32 Å². The van der Waals surface area contributed by atoms with Gasteiger partial charge in [0, 0.05) is 11.1 Å². The maximum absolute atomic E-state index is 9.41. The molecule has 20 heavy (non-hydrogen) atoms. The Morgan fingerprint density at radius 2 is 1.95 bits per heavy atom. The molecule has 1 aromatic heterocycles. The number of hydrogen-bond acceptors (Lipinski definition) is 3. The van der Waals surface area contributed by atoms with Gasteiger partial charge in [0.25, 0.3) is 0 Å². The Balaban J connectivity index is 1.84. The fourth-order valence-corrected chi connectivity index (χ4v) is 2.31. The number of aromatic hydroxyl groups is 1. The Labute approximate surface area is 121 Å². The standard InChI is InChI=1S/C16H14ClNO2/c1-10(18-12-6-7-14(19)13(17)9-12)16-8-11-4-2-3-5-15(11)20-16/h2-10,18-19H,1H3. The molecular formula is C16H14ClNO2. The van der Waals surface area contributed by atoms with Gasteiger partial charge in [-0.3, -0.25) is 0 Å².